The second kappa shape index (κ2) is 13.6. The highest BCUT2D eigenvalue weighted by Gasteiger charge is 2.19. The average molecular weight is 730 g/mol. The van der Waals surface area contributed by atoms with Crippen molar-refractivity contribution in [2.24, 2.45) is 0 Å². The number of imidazole rings is 2. The second-order valence-electron chi connectivity index (χ2n) is 13.3. The van der Waals surface area contributed by atoms with Crippen LogP contribution in [-0.4, -0.2) is 34.1 Å². The Morgan fingerprint density at radius 1 is 0.321 bits per heavy atom. The van der Waals surface area contributed by atoms with Crippen molar-refractivity contribution in [2.45, 2.75) is 0 Å². The maximum absolute atomic E-state index is 14.5. The summed E-state index contributed by atoms with van der Waals surface area (Å²) in [5, 5.41) is 0. The maximum atomic E-state index is 14.5. The van der Waals surface area contributed by atoms with E-state index in [1.165, 1.54) is 24.3 Å². The molecule has 0 saturated carbocycles. The molecule has 0 atom stereocenters. The summed E-state index contributed by atoms with van der Waals surface area (Å²) in [6, 6.07) is 54.2. The van der Waals surface area contributed by atoms with Gasteiger partial charge in [0.15, 0.2) is 17.5 Å². The lowest BCUT2D eigenvalue weighted by molar-refractivity contribution is 0.626. The van der Waals surface area contributed by atoms with E-state index in [9.17, 15) is 8.78 Å². The van der Waals surface area contributed by atoms with Gasteiger partial charge in [-0.1, -0.05) is 103 Å². The van der Waals surface area contributed by atoms with Gasteiger partial charge in [0, 0.05) is 27.8 Å². The monoisotopic (exact) mass is 729 g/mol. The number of hydrogen-bond donors (Lipinski definition) is 0. The van der Waals surface area contributed by atoms with Gasteiger partial charge in [0.05, 0.1) is 33.4 Å². The Labute approximate surface area is 319 Å². The fraction of sp³-hybridized carbons (Fsp3) is 0. The van der Waals surface area contributed by atoms with E-state index in [2.05, 4.69) is 0 Å². The Morgan fingerprint density at radius 3 is 1.20 bits per heavy atom. The predicted octanol–water partition coefficient (Wildman–Crippen LogP) is 11.2. The van der Waals surface area contributed by atoms with Crippen LogP contribution in [0.3, 0.4) is 0 Å². The van der Waals surface area contributed by atoms with E-state index < -0.39 is 0 Å². The molecule has 10 aromatic rings. The van der Waals surface area contributed by atoms with E-state index in [0.29, 0.717) is 40.5 Å². The molecule has 7 nitrogen and oxygen atoms in total. The van der Waals surface area contributed by atoms with Crippen molar-refractivity contribution in [3.05, 3.63) is 188 Å². The van der Waals surface area contributed by atoms with Crippen molar-refractivity contribution in [3.8, 4) is 68.3 Å². The molecule has 7 aromatic carbocycles. The molecule has 3 aromatic heterocycles. The largest absolute Gasteiger partial charge is 0.292 e. The van der Waals surface area contributed by atoms with Gasteiger partial charge in [-0.25, -0.2) is 33.7 Å². The van der Waals surface area contributed by atoms with E-state index in [1.807, 2.05) is 149 Å². The number of nitrogens with zero attached hydrogens (tertiary/aromatic N) is 7. The van der Waals surface area contributed by atoms with Crippen LogP contribution < -0.4 is 0 Å². The van der Waals surface area contributed by atoms with Crippen molar-refractivity contribution in [2.75, 3.05) is 0 Å². The topological polar surface area (TPSA) is 74.3 Å². The summed E-state index contributed by atoms with van der Waals surface area (Å²) >= 11 is 0. The summed E-state index contributed by atoms with van der Waals surface area (Å²) in [5.74, 6) is 2.11. The van der Waals surface area contributed by atoms with E-state index in [4.69, 9.17) is 24.9 Å². The van der Waals surface area contributed by atoms with Gasteiger partial charge in [-0.2, -0.15) is 0 Å². The highest BCUT2D eigenvalue weighted by atomic mass is 19.1. The lowest BCUT2D eigenvalue weighted by Crippen LogP contribution is -2.02. The van der Waals surface area contributed by atoms with Crippen LogP contribution >= 0.6 is 0 Å². The smallest absolute Gasteiger partial charge is 0.164 e. The number of rotatable bonds is 7. The molecule has 0 amide bonds. The van der Waals surface area contributed by atoms with Crippen molar-refractivity contribution in [1.29, 1.82) is 0 Å². The third-order valence-electron chi connectivity index (χ3n) is 9.68. The number of para-hydroxylation sites is 4. The zero-order valence-corrected chi connectivity index (χ0v) is 29.6. The fourth-order valence-electron chi connectivity index (χ4n) is 7.14. The molecular weight excluding hydrogens is 701 g/mol. The first-order valence-electron chi connectivity index (χ1n) is 18.1. The number of halogens is 2. The van der Waals surface area contributed by atoms with Gasteiger partial charge in [-0.15, -0.1) is 0 Å². The number of aromatic nitrogens is 7. The van der Waals surface area contributed by atoms with Gasteiger partial charge in [-0.3, -0.25) is 9.13 Å². The van der Waals surface area contributed by atoms with Crippen molar-refractivity contribution in [1.82, 2.24) is 34.1 Å². The molecule has 0 fully saturated rings. The van der Waals surface area contributed by atoms with Crippen molar-refractivity contribution >= 4 is 22.1 Å². The molecular formula is C47H29F2N7. The molecule has 0 N–H and O–H groups in total. The molecule has 266 valence electrons. The molecule has 0 spiro atoms. The first kappa shape index (κ1) is 33.0. The minimum Gasteiger partial charge on any atom is -0.292 e. The Bertz CT molecular complexity index is 2890. The predicted molar refractivity (Wildman–Crippen MR) is 216 cm³/mol. The third kappa shape index (κ3) is 5.97. The SMILES string of the molecule is Fc1cccc(-n2c(-c3cccc(-c4nc(-c5ccccc5)nc(-c5cccc(-c6nc7ccccc7n6-c6cccc(F)c6)c5)n4)c3)nc3ccccc32)c1. The number of hydrogen-bond acceptors (Lipinski definition) is 5. The van der Waals surface area contributed by atoms with Crippen LogP contribution in [0.2, 0.25) is 0 Å². The van der Waals surface area contributed by atoms with Crippen molar-refractivity contribution < 1.29 is 8.78 Å². The van der Waals surface area contributed by atoms with E-state index in [-0.39, 0.29) is 11.6 Å². The first-order valence-corrected chi connectivity index (χ1v) is 18.1. The van der Waals surface area contributed by atoms with Crippen LogP contribution in [0.1, 0.15) is 0 Å². The molecule has 0 aliphatic rings. The van der Waals surface area contributed by atoms with Crippen LogP contribution in [0.4, 0.5) is 8.78 Å². The molecule has 10 rings (SSSR count). The van der Waals surface area contributed by atoms with Gasteiger partial charge in [0.1, 0.15) is 23.3 Å². The zero-order valence-electron chi connectivity index (χ0n) is 29.6. The minimum absolute atomic E-state index is 0.332. The van der Waals surface area contributed by atoms with Crippen LogP contribution in [0, 0.1) is 11.6 Å². The van der Waals surface area contributed by atoms with Crippen molar-refractivity contribution in [3.63, 3.8) is 0 Å². The molecule has 3 heterocycles. The summed E-state index contributed by atoms with van der Waals surface area (Å²) < 4.78 is 33.0. The molecule has 0 aliphatic heterocycles. The molecule has 0 unspecified atom stereocenters. The molecule has 0 saturated heterocycles. The highest BCUT2D eigenvalue weighted by Crippen LogP contribution is 2.34. The quantitative estimate of drug-likeness (QED) is 0.163. The first-order chi connectivity index (χ1) is 27.6. The molecule has 0 bridgehead atoms. The van der Waals surface area contributed by atoms with Gasteiger partial charge in [0.25, 0.3) is 0 Å². The standard InChI is InChI=1S/C47H29F2N7/c48-35-18-10-20-37(28-35)55-41-24-6-4-22-39(41)50-46(55)33-16-8-14-31(26-33)44-52-43(30-12-2-1-3-13-30)53-45(54-44)32-15-9-17-34(27-32)47-51-40-23-5-7-25-42(40)56(47)38-21-11-19-36(49)29-38/h1-29H. The number of benzene rings is 7. The molecule has 0 radical (unpaired) electrons. The zero-order chi connectivity index (χ0) is 37.6. The Morgan fingerprint density at radius 2 is 0.714 bits per heavy atom. The van der Waals surface area contributed by atoms with E-state index in [0.717, 1.165) is 49.9 Å². The van der Waals surface area contributed by atoms with Gasteiger partial charge in [-0.05, 0) is 72.8 Å². The van der Waals surface area contributed by atoms with Gasteiger partial charge in [0.2, 0.25) is 0 Å². The molecule has 0 aliphatic carbocycles. The average Bonchev–Trinajstić information content (AvgIpc) is 3.84. The van der Waals surface area contributed by atoms with E-state index >= 15 is 0 Å². The summed E-state index contributed by atoms with van der Waals surface area (Å²) in [6.45, 7) is 0. The lowest BCUT2D eigenvalue weighted by atomic mass is 10.1. The lowest BCUT2D eigenvalue weighted by Gasteiger charge is -2.12. The van der Waals surface area contributed by atoms with Crippen LogP contribution in [-0.2, 0) is 0 Å². The Hall–Kier alpha value is -7.65. The Kier molecular flexibility index (Phi) is 8.03. The fourth-order valence-corrected chi connectivity index (χ4v) is 7.14. The third-order valence-corrected chi connectivity index (χ3v) is 9.68. The van der Waals surface area contributed by atoms with Crippen LogP contribution in [0.5, 0.6) is 0 Å². The summed E-state index contributed by atoms with van der Waals surface area (Å²) in [4.78, 5) is 25.0. The normalized spacial score (nSPS) is 11.4. The van der Waals surface area contributed by atoms with Crippen LogP contribution in [0.15, 0.2) is 176 Å². The summed E-state index contributed by atoms with van der Waals surface area (Å²) in [5.41, 5.74) is 8.59. The Balaban J connectivity index is 1.12. The van der Waals surface area contributed by atoms with Gasteiger partial charge >= 0.3 is 0 Å². The summed E-state index contributed by atoms with van der Waals surface area (Å²) in [7, 11) is 0. The summed E-state index contributed by atoms with van der Waals surface area (Å²) in [6.07, 6.45) is 0. The minimum atomic E-state index is -0.332. The highest BCUT2D eigenvalue weighted by molar-refractivity contribution is 5.85. The second-order valence-corrected chi connectivity index (χ2v) is 13.3. The maximum Gasteiger partial charge on any atom is 0.164 e. The molecule has 56 heavy (non-hydrogen) atoms. The number of fused-ring (bicyclic) bond motifs is 2. The molecule has 9 heteroatoms. The van der Waals surface area contributed by atoms with Gasteiger partial charge < -0.3 is 0 Å². The van der Waals surface area contributed by atoms with Crippen LogP contribution in [0.25, 0.3) is 90.4 Å². The van der Waals surface area contributed by atoms with E-state index in [1.54, 1.807) is 12.1 Å².